The van der Waals surface area contributed by atoms with E-state index in [1.807, 2.05) is 30.3 Å². The molecule has 3 aromatic rings. The first kappa shape index (κ1) is 20.8. The highest BCUT2D eigenvalue weighted by Gasteiger charge is 2.23. The van der Waals surface area contributed by atoms with Crippen LogP contribution < -0.4 is 5.32 Å². The molecule has 0 saturated heterocycles. The average molecular weight is 436 g/mol. The van der Waals surface area contributed by atoms with Crippen molar-refractivity contribution in [1.29, 1.82) is 5.26 Å². The Morgan fingerprint density at radius 2 is 2.00 bits per heavy atom. The van der Waals surface area contributed by atoms with Crippen LogP contribution in [-0.4, -0.2) is 23.5 Å². The summed E-state index contributed by atoms with van der Waals surface area (Å²) >= 11 is 1.44. The van der Waals surface area contributed by atoms with Gasteiger partial charge in [-0.1, -0.05) is 24.6 Å². The fourth-order valence-corrected chi connectivity index (χ4v) is 4.86. The van der Waals surface area contributed by atoms with Gasteiger partial charge in [-0.15, -0.1) is 11.3 Å². The lowest BCUT2D eigenvalue weighted by atomic mass is 10.1. The summed E-state index contributed by atoms with van der Waals surface area (Å²) in [5.41, 5.74) is 2.35. The summed E-state index contributed by atoms with van der Waals surface area (Å²) in [7, 11) is 0. The van der Waals surface area contributed by atoms with Gasteiger partial charge in [-0.3, -0.25) is 4.79 Å². The number of nitriles is 1. The van der Waals surface area contributed by atoms with Gasteiger partial charge in [0.1, 0.15) is 16.8 Å². The predicted octanol–water partition coefficient (Wildman–Crippen LogP) is 4.65. The van der Waals surface area contributed by atoms with E-state index in [0.29, 0.717) is 22.2 Å². The Kier molecular flexibility index (Phi) is 6.14. The van der Waals surface area contributed by atoms with Gasteiger partial charge in [-0.2, -0.15) is 5.26 Å². The van der Waals surface area contributed by atoms with Gasteiger partial charge >= 0.3 is 5.97 Å². The van der Waals surface area contributed by atoms with E-state index in [2.05, 4.69) is 16.4 Å². The molecule has 0 unspecified atom stereocenters. The van der Waals surface area contributed by atoms with Gasteiger partial charge in [-0.25, -0.2) is 9.78 Å². The number of thiophene rings is 1. The van der Waals surface area contributed by atoms with Crippen LogP contribution in [0.15, 0.2) is 34.7 Å². The highest BCUT2D eigenvalue weighted by molar-refractivity contribution is 7.16. The molecule has 0 atom stereocenters. The minimum absolute atomic E-state index is 0.0344. The normalized spacial score (nSPS) is 13.0. The molecule has 0 fully saturated rings. The van der Waals surface area contributed by atoms with E-state index in [4.69, 9.17) is 9.15 Å². The largest absolute Gasteiger partial charge is 0.451 e. The highest BCUT2D eigenvalue weighted by atomic mass is 32.1. The summed E-state index contributed by atoms with van der Waals surface area (Å²) in [4.78, 5) is 30.2. The molecule has 2 heterocycles. The van der Waals surface area contributed by atoms with Gasteiger partial charge in [0.2, 0.25) is 5.89 Å². The van der Waals surface area contributed by atoms with E-state index in [0.717, 1.165) is 48.1 Å². The van der Waals surface area contributed by atoms with Crippen molar-refractivity contribution >= 4 is 28.2 Å². The molecule has 158 valence electrons. The molecule has 0 radical (unpaired) electrons. The smallest absolute Gasteiger partial charge is 0.361 e. The standard InChI is InChI=1S/C23H21N3O4S/c1-14-20(26-21(30-14)15-8-4-2-5-9-15)23(28)29-13-19(27)25-22-17(12-24)16-10-6-3-7-11-18(16)31-22/h2,4-5,8-9H,3,6-7,10-11,13H2,1H3,(H,25,27). The maximum absolute atomic E-state index is 12.4. The van der Waals surface area contributed by atoms with Crippen LogP contribution in [-0.2, 0) is 22.4 Å². The summed E-state index contributed by atoms with van der Waals surface area (Å²) in [5.74, 6) is -0.599. The molecular formula is C23H21N3O4S. The van der Waals surface area contributed by atoms with Gasteiger partial charge < -0.3 is 14.5 Å². The number of esters is 1. The predicted molar refractivity (Wildman–Crippen MR) is 116 cm³/mol. The Labute approximate surface area is 183 Å². The second-order valence-electron chi connectivity index (χ2n) is 7.29. The number of oxazole rings is 1. The molecular weight excluding hydrogens is 414 g/mol. The number of benzene rings is 1. The molecule has 31 heavy (non-hydrogen) atoms. The molecule has 1 amide bonds. The third-order valence-corrected chi connectivity index (χ3v) is 6.34. The van der Waals surface area contributed by atoms with Crippen molar-refractivity contribution in [3.05, 3.63) is 57.8 Å². The van der Waals surface area contributed by atoms with Crippen molar-refractivity contribution in [3.63, 3.8) is 0 Å². The topological polar surface area (TPSA) is 105 Å². The lowest BCUT2D eigenvalue weighted by Crippen LogP contribution is -2.21. The molecule has 2 aromatic heterocycles. The van der Waals surface area contributed by atoms with Crippen LogP contribution in [0.4, 0.5) is 5.00 Å². The first-order valence-electron chi connectivity index (χ1n) is 10.1. The first-order chi connectivity index (χ1) is 15.1. The number of ether oxygens (including phenoxy) is 1. The molecule has 1 N–H and O–H groups in total. The number of aromatic nitrogens is 1. The SMILES string of the molecule is Cc1oc(-c2ccccc2)nc1C(=O)OCC(=O)Nc1sc2c(c1C#N)CCCCC2. The van der Waals surface area contributed by atoms with E-state index in [-0.39, 0.29) is 5.69 Å². The van der Waals surface area contributed by atoms with Crippen LogP contribution in [0.25, 0.3) is 11.5 Å². The molecule has 7 nitrogen and oxygen atoms in total. The maximum atomic E-state index is 12.4. The van der Waals surface area contributed by atoms with Gasteiger partial charge in [0, 0.05) is 10.4 Å². The summed E-state index contributed by atoms with van der Waals surface area (Å²) in [6.07, 6.45) is 5.07. The van der Waals surface area contributed by atoms with E-state index in [9.17, 15) is 14.9 Å². The van der Waals surface area contributed by atoms with E-state index in [1.165, 1.54) is 11.3 Å². The van der Waals surface area contributed by atoms with Gasteiger partial charge in [0.15, 0.2) is 12.3 Å². The van der Waals surface area contributed by atoms with E-state index >= 15 is 0 Å². The molecule has 0 bridgehead atoms. The molecule has 0 aliphatic heterocycles. The number of rotatable bonds is 5. The first-order valence-corrected chi connectivity index (χ1v) is 10.9. The lowest BCUT2D eigenvalue weighted by molar-refractivity contribution is -0.119. The molecule has 0 saturated carbocycles. The Morgan fingerprint density at radius 3 is 2.77 bits per heavy atom. The minimum Gasteiger partial charge on any atom is -0.451 e. The zero-order valence-corrected chi connectivity index (χ0v) is 17.9. The van der Waals surface area contributed by atoms with Gasteiger partial charge in [0.05, 0.1) is 5.56 Å². The fourth-order valence-electron chi connectivity index (χ4n) is 3.60. The number of nitrogens with one attached hydrogen (secondary N) is 1. The fraction of sp³-hybridized carbons (Fsp3) is 0.304. The Balaban J connectivity index is 1.40. The summed E-state index contributed by atoms with van der Waals surface area (Å²) < 4.78 is 10.7. The highest BCUT2D eigenvalue weighted by Crippen LogP contribution is 2.36. The number of carbonyl (C=O) groups is 2. The molecule has 1 aliphatic carbocycles. The van der Waals surface area contributed by atoms with Crippen molar-refractivity contribution in [1.82, 2.24) is 4.98 Å². The lowest BCUT2D eigenvalue weighted by Gasteiger charge is -2.05. The number of hydrogen-bond acceptors (Lipinski definition) is 7. The number of aryl methyl sites for hydroxylation is 2. The maximum Gasteiger partial charge on any atom is 0.361 e. The average Bonchev–Trinajstić information content (AvgIpc) is 3.23. The van der Waals surface area contributed by atoms with Crippen molar-refractivity contribution in [2.75, 3.05) is 11.9 Å². The second kappa shape index (κ2) is 9.14. The summed E-state index contributed by atoms with van der Waals surface area (Å²) in [6, 6.07) is 11.4. The second-order valence-corrected chi connectivity index (χ2v) is 8.40. The van der Waals surface area contributed by atoms with Crippen molar-refractivity contribution in [2.45, 2.75) is 39.0 Å². The zero-order chi connectivity index (χ0) is 21.8. The van der Waals surface area contributed by atoms with Crippen LogP contribution >= 0.6 is 11.3 Å². The third kappa shape index (κ3) is 4.52. The summed E-state index contributed by atoms with van der Waals surface area (Å²) in [6.45, 7) is 1.15. The van der Waals surface area contributed by atoms with Crippen LogP contribution in [0.5, 0.6) is 0 Å². The number of carbonyl (C=O) groups excluding carboxylic acids is 2. The number of hydrogen-bond donors (Lipinski definition) is 1. The molecule has 1 aromatic carbocycles. The Bertz CT molecular complexity index is 1160. The van der Waals surface area contributed by atoms with Gasteiger partial charge in [0.25, 0.3) is 5.91 Å². The monoisotopic (exact) mass is 435 g/mol. The van der Waals surface area contributed by atoms with E-state index < -0.39 is 18.5 Å². The quantitative estimate of drug-likeness (QED) is 0.462. The van der Waals surface area contributed by atoms with Gasteiger partial charge in [-0.05, 0) is 50.3 Å². The molecule has 8 heteroatoms. The van der Waals surface area contributed by atoms with Crippen LogP contribution in [0.1, 0.15) is 51.5 Å². The van der Waals surface area contributed by atoms with Crippen LogP contribution in [0.3, 0.4) is 0 Å². The van der Waals surface area contributed by atoms with Crippen molar-refractivity contribution in [3.8, 4) is 17.5 Å². The third-order valence-electron chi connectivity index (χ3n) is 5.13. The number of fused-ring (bicyclic) bond motifs is 1. The zero-order valence-electron chi connectivity index (χ0n) is 17.1. The minimum atomic E-state index is -0.735. The molecule has 4 rings (SSSR count). The van der Waals surface area contributed by atoms with Crippen LogP contribution in [0.2, 0.25) is 0 Å². The summed E-state index contributed by atoms with van der Waals surface area (Å²) in [5, 5.41) is 12.8. The molecule has 1 aliphatic rings. The number of amides is 1. The number of anilines is 1. The van der Waals surface area contributed by atoms with Crippen LogP contribution in [0, 0.1) is 18.3 Å². The van der Waals surface area contributed by atoms with Crippen molar-refractivity contribution in [2.24, 2.45) is 0 Å². The van der Waals surface area contributed by atoms with E-state index in [1.54, 1.807) is 6.92 Å². The van der Waals surface area contributed by atoms with Crippen molar-refractivity contribution < 1.29 is 18.7 Å². The Hall–Kier alpha value is -3.44. The number of nitrogens with zero attached hydrogens (tertiary/aromatic N) is 2. The Morgan fingerprint density at radius 1 is 1.23 bits per heavy atom. The molecule has 0 spiro atoms.